The van der Waals surface area contributed by atoms with Crippen molar-refractivity contribution in [2.24, 2.45) is 0 Å². The highest BCUT2D eigenvalue weighted by molar-refractivity contribution is 7.79. The molecule has 1 nitrogen and oxygen atoms in total. The SMILES string of the molecule is CC(C)P(=O)(c1ccccc1)c1ccc2ccccc2c1. The lowest BCUT2D eigenvalue weighted by atomic mass is 10.1. The molecule has 3 aromatic carbocycles. The molecule has 21 heavy (non-hydrogen) atoms. The summed E-state index contributed by atoms with van der Waals surface area (Å²) < 4.78 is 13.8. The van der Waals surface area contributed by atoms with Crippen LogP contribution in [-0.4, -0.2) is 5.66 Å². The average Bonchev–Trinajstić information content (AvgIpc) is 2.54. The fraction of sp³-hybridized carbons (Fsp3) is 0.158. The van der Waals surface area contributed by atoms with Crippen LogP contribution in [0.1, 0.15) is 13.8 Å². The van der Waals surface area contributed by atoms with Crippen molar-refractivity contribution in [3.63, 3.8) is 0 Å². The Hall–Kier alpha value is -1.85. The van der Waals surface area contributed by atoms with Gasteiger partial charge >= 0.3 is 0 Å². The topological polar surface area (TPSA) is 17.1 Å². The van der Waals surface area contributed by atoms with Crippen molar-refractivity contribution in [2.75, 3.05) is 0 Å². The van der Waals surface area contributed by atoms with Crippen LogP contribution in [0.3, 0.4) is 0 Å². The zero-order valence-corrected chi connectivity index (χ0v) is 13.3. The summed E-state index contributed by atoms with van der Waals surface area (Å²) in [6, 6.07) is 24.3. The molecule has 0 saturated carbocycles. The summed E-state index contributed by atoms with van der Waals surface area (Å²) in [5, 5.41) is 4.22. The largest absolute Gasteiger partial charge is 0.313 e. The van der Waals surface area contributed by atoms with Crippen molar-refractivity contribution >= 4 is 28.5 Å². The fourth-order valence-electron chi connectivity index (χ4n) is 2.78. The van der Waals surface area contributed by atoms with Gasteiger partial charge in [-0.25, -0.2) is 0 Å². The number of benzene rings is 3. The van der Waals surface area contributed by atoms with E-state index in [9.17, 15) is 4.57 Å². The highest BCUT2D eigenvalue weighted by Crippen LogP contribution is 2.48. The number of hydrogen-bond donors (Lipinski definition) is 0. The molecule has 0 radical (unpaired) electrons. The van der Waals surface area contributed by atoms with Crippen LogP contribution in [0.4, 0.5) is 0 Å². The van der Waals surface area contributed by atoms with E-state index in [1.165, 1.54) is 5.39 Å². The molecule has 0 aromatic heterocycles. The Morgan fingerprint density at radius 1 is 0.714 bits per heavy atom. The summed E-state index contributed by atoms with van der Waals surface area (Å²) in [4.78, 5) is 0. The van der Waals surface area contributed by atoms with Crippen molar-refractivity contribution < 1.29 is 4.57 Å². The van der Waals surface area contributed by atoms with Crippen LogP contribution < -0.4 is 10.6 Å². The second-order valence-electron chi connectivity index (χ2n) is 5.62. The van der Waals surface area contributed by atoms with Crippen LogP contribution in [0.5, 0.6) is 0 Å². The molecule has 106 valence electrons. The number of rotatable bonds is 3. The molecule has 0 spiro atoms. The van der Waals surface area contributed by atoms with Crippen molar-refractivity contribution in [3.8, 4) is 0 Å². The normalized spacial score (nSPS) is 14.2. The molecule has 0 aliphatic heterocycles. The predicted octanol–water partition coefficient (Wildman–Crippen LogP) is 4.56. The van der Waals surface area contributed by atoms with Crippen LogP contribution in [0.15, 0.2) is 72.8 Å². The van der Waals surface area contributed by atoms with E-state index >= 15 is 0 Å². The lowest BCUT2D eigenvalue weighted by Crippen LogP contribution is -2.22. The molecule has 2 heteroatoms. The molecule has 3 rings (SSSR count). The summed E-state index contributed by atoms with van der Waals surface area (Å²) in [7, 11) is -2.60. The van der Waals surface area contributed by atoms with Gasteiger partial charge in [0.2, 0.25) is 0 Å². The van der Waals surface area contributed by atoms with Gasteiger partial charge in [0.1, 0.15) is 7.14 Å². The standard InChI is InChI=1S/C19H19OP/c1-15(2)21(20,18-10-4-3-5-11-18)19-13-12-16-8-6-7-9-17(16)14-19/h3-15H,1-2H3. The van der Waals surface area contributed by atoms with Gasteiger partial charge in [-0.05, 0) is 16.8 Å². The van der Waals surface area contributed by atoms with E-state index in [1.54, 1.807) is 0 Å². The van der Waals surface area contributed by atoms with Gasteiger partial charge in [-0.2, -0.15) is 0 Å². The van der Waals surface area contributed by atoms with Crippen molar-refractivity contribution in [3.05, 3.63) is 72.8 Å². The Morgan fingerprint density at radius 3 is 2.00 bits per heavy atom. The molecule has 0 heterocycles. The minimum Gasteiger partial charge on any atom is -0.313 e. The van der Waals surface area contributed by atoms with E-state index in [0.29, 0.717) is 0 Å². The Kier molecular flexibility index (Phi) is 3.69. The van der Waals surface area contributed by atoms with Gasteiger partial charge in [0.15, 0.2) is 0 Å². The predicted molar refractivity (Wildman–Crippen MR) is 92.4 cm³/mol. The molecule has 0 amide bonds. The van der Waals surface area contributed by atoms with Crippen molar-refractivity contribution in [1.82, 2.24) is 0 Å². The smallest absolute Gasteiger partial charge is 0.145 e. The molecule has 0 aliphatic rings. The molecular weight excluding hydrogens is 275 g/mol. The van der Waals surface area contributed by atoms with Gasteiger partial charge < -0.3 is 4.57 Å². The highest BCUT2D eigenvalue weighted by atomic mass is 31.2. The maximum atomic E-state index is 13.8. The number of fused-ring (bicyclic) bond motifs is 1. The molecule has 1 unspecified atom stereocenters. The quantitative estimate of drug-likeness (QED) is 0.647. The third-order valence-electron chi connectivity index (χ3n) is 3.98. The first-order valence-electron chi connectivity index (χ1n) is 7.27. The first-order valence-corrected chi connectivity index (χ1v) is 9.04. The van der Waals surface area contributed by atoms with Gasteiger partial charge in [0.05, 0.1) is 0 Å². The molecule has 0 bridgehead atoms. The third kappa shape index (κ3) is 2.43. The van der Waals surface area contributed by atoms with Crippen LogP contribution in [0.2, 0.25) is 0 Å². The fourth-order valence-corrected chi connectivity index (χ4v) is 5.51. The molecule has 0 aliphatic carbocycles. The van der Waals surface area contributed by atoms with Crippen LogP contribution >= 0.6 is 7.14 Å². The summed E-state index contributed by atoms with van der Waals surface area (Å²) >= 11 is 0. The van der Waals surface area contributed by atoms with Gasteiger partial charge in [-0.1, -0.05) is 80.6 Å². The van der Waals surface area contributed by atoms with E-state index in [1.807, 2.05) is 62.4 Å². The third-order valence-corrected chi connectivity index (χ3v) is 7.55. The maximum absolute atomic E-state index is 13.8. The Bertz CT molecular complexity index is 806. The second kappa shape index (κ2) is 5.50. The van der Waals surface area contributed by atoms with E-state index < -0.39 is 7.14 Å². The molecule has 3 aromatic rings. The summed E-state index contributed by atoms with van der Waals surface area (Å²) in [6.07, 6.45) is 0. The molecular formula is C19H19OP. The molecule has 0 saturated heterocycles. The Balaban J connectivity index is 2.23. The van der Waals surface area contributed by atoms with E-state index in [0.717, 1.165) is 16.0 Å². The minimum absolute atomic E-state index is 0.0843. The monoisotopic (exact) mass is 294 g/mol. The minimum atomic E-state index is -2.60. The van der Waals surface area contributed by atoms with E-state index in [2.05, 4.69) is 24.3 Å². The highest BCUT2D eigenvalue weighted by Gasteiger charge is 2.30. The van der Waals surface area contributed by atoms with Gasteiger partial charge in [0.25, 0.3) is 0 Å². The van der Waals surface area contributed by atoms with Gasteiger partial charge in [0, 0.05) is 16.3 Å². The van der Waals surface area contributed by atoms with Gasteiger partial charge in [-0.3, -0.25) is 0 Å². The molecule has 1 atom stereocenters. The second-order valence-corrected chi connectivity index (χ2v) is 9.00. The molecule has 0 N–H and O–H groups in total. The Labute approximate surface area is 126 Å². The summed E-state index contributed by atoms with van der Waals surface area (Å²) in [5.74, 6) is 0. The summed E-state index contributed by atoms with van der Waals surface area (Å²) in [5.41, 5.74) is 0.0843. The first-order chi connectivity index (χ1) is 10.1. The summed E-state index contributed by atoms with van der Waals surface area (Å²) in [6.45, 7) is 4.09. The Morgan fingerprint density at radius 2 is 1.33 bits per heavy atom. The van der Waals surface area contributed by atoms with E-state index in [-0.39, 0.29) is 5.66 Å². The zero-order chi connectivity index (χ0) is 14.9. The lowest BCUT2D eigenvalue weighted by Gasteiger charge is -2.23. The maximum Gasteiger partial charge on any atom is 0.145 e. The van der Waals surface area contributed by atoms with Crippen molar-refractivity contribution in [2.45, 2.75) is 19.5 Å². The van der Waals surface area contributed by atoms with Crippen LogP contribution in [0, 0.1) is 0 Å². The average molecular weight is 294 g/mol. The van der Waals surface area contributed by atoms with Crippen LogP contribution in [0.25, 0.3) is 10.8 Å². The van der Waals surface area contributed by atoms with Crippen LogP contribution in [-0.2, 0) is 4.57 Å². The van der Waals surface area contributed by atoms with E-state index in [4.69, 9.17) is 0 Å². The van der Waals surface area contributed by atoms with Gasteiger partial charge in [-0.15, -0.1) is 0 Å². The van der Waals surface area contributed by atoms with Crippen molar-refractivity contribution in [1.29, 1.82) is 0 Å². The zero-order valence-electron chi connectivity index (χ0n) is 12.4. The molecule has 0 fully saturated rings. The number of hydrogen-bond acceptors (Lipinski definition) is 1. The lowest BCUT2D eigenvalue weighted by molar-refractivity contribution is 0.581. The first kappa shape index (κ1) is 14.1.